The number of nitrogens with zero attached hydrogens (tertiary/aromatic N) is 2. The number of carbonyl (C=O) groups is 1. The Morgan fingerprint density at radius 2 is 1.96 bits per heavy atom. The highest BCUT2D eigenvalue weighted by atomic mass is 127. The van der Waals surface area contributed by atoms with Gasteiger partial charge in [-0.05, 0) is 38.5 Å². The molecule has 2 aliphatic rings. The van der Waals surface area contributed by atoms with Crippen molar-refractivity contribution in [3.8, 4) is 0 Å². The van der Waals surface area contributed by atoms with Crippen molar-refractivity contribution in [2.75, 3.05) is 39.4 Å². The molecule has 0 radical (unpaired) electrons. The van der Waals surface area contributed by atoms with Gasteiger partial charge in [0.15, 0.2) is 5.96 Å². The molecule has 0 spiro atoms. The van der Waals surface area contributed by atoms with Crippen LogP contribution in [-0.4, -0.2) is 62.2 Å². The predicted octanol–water partition coefficient (Wildman–Crippen LogP) is 3.01. The summed E-state index contributed by atoms with van der Waals surface area (Å²) in [4.78, 5) is 19.2. The van der Waals surface area contributed by atoms with Gasteiger partial charge in [0.25, 0.3) is 0 Å². The lowest BCUT2D eigenvalue weighted by Gasteiger charge is -2.21. The van der Waals surface area contributed by atoms with Gasteiger partial charge >= 0.3 is 0 Å². The molecule has 1 amide bonds. The van der Waals surface area contributed by atoms with E-state index in [2.05, 4.69) is 36.4 Å². The summed E-state index contributed by atoms with van der Waals surface area (Å²) >= 11 is 0. The zero-order valence-electron chi connectivity index (χ0n) is 17.3. The number of guanidine groups is 1. The Labute approximate surface area is 182 Å². The van der Waals surface area contributed by atoms with E-state index in [0.717, 1.165) is 57.9 Å². The second kappa shape index (κ2) is 13.6. The Morgan fingerprint density at radius 1 is 1.22 bits per heavy atom. The van der Waals surface area contributed by atoms with E-state index in [1.807, 2.05) is 4.90 Å². The van der Waals surface area contributed by atoms with Crippen molar-refractivity contribution in [2.45, 2.75) is 65.3 Å². The normalized spacial score (nSPS) is 20.8. The Balaban J connectivity index is 0.00000364. The Morgan fingerprint density at radius 3 is 2.63 bits per heavy atom. The van der Waals surface area contributed by atoms with Gasteiger partial charge < -0.3 is 20.3 Å². The van der Waals surface area contributed by atoms with Crippen LogP contribution in [0.3, 0.4) is 0 Å². The Hall–Kier alpha value is -0.570. The van der Waals surface area contributed by atoms with Gasteiger partial charge in [0.1, 0.15) is 0 Å². The summed E-state index contributed by atoms with van der Waals surface area (Å²) in [6.45, 7) is 11.1. The quantitative estimate of drug-likeness (QED) is 0.224. The van der Waals surface area contributed by atoms with Crippen LogP contribution in [0.2, 0.25) is 0 Å². The number of nitrogens with one attached hydrogen (secondary N) is 2. The molecule has 0 aromatic carbocycles. The highest BCUT2D eigenvalue weighted by molar-refractivity contribution is 14.0. The number of amides is 1. The van der Waals surface area contributed by atoms with Crippen molar-refractivity contribution in [3.05, 3.63) is 0 Å². The number of aliphatic imine (C=N–C) groups is 1. The third-order valence-corrected chi connectivity index (χ3v) is 5.23. The predicted molar refractivity (Wildman–Crippen MR) is 122 cm³/mol. The van der Waals surface area contributed by atoms with Crippen LogP contribution in [0.1, 0.15) is 59.3 Å². The fourth-order valence-electron chi connectivity index (χ4n) is 3.67. The first-order chi connectivity index (χ1) is 12.6. The van der Waals surface area contributed by atoms with Crippen LogP contribution in [0.4, 0.5) is 0 Å². The largest absolute Gasteiger partial charge is 0.380 e. The zero-order chi connectivity index (χ0) is 18.8. The highest BCUT2D eigenvalue weighted by Crippen LogP contribution is 2.27. The van der Waals surface area contributed by atoms with Crippen LogP contribution in [-0.2, 0) is 9.53 Å². The summed E-state index contributed by atoms with van der Waals surface area (Å²) in [7, 11) is 0. The van der Waals surface area contributed by atoms with Crippen molar-refractivity contribution in [2.24, 2.45) is 16.8 Å². The van der Waals surface area contributed by atoms with Crippen LogP contribution in [0, 0.1) is 11.8 Å². The first-order valence-corrected chi connectivity index (χ1v) is 10.5. The number of halogens is 1. The maximum atomic E-state index is 12.6. The zero-order valence-corrected chi connectivity index (χ0v) is 19.7. The molecule has 7 heteroatoms. The monoisotopic (exact) mass is 494 g/mol. The van der Waals surface area contributed by atoms with E-state index in [9.17, 15) is 4.79 Å². The Bertz CT molecular complexity index is 453. The third kappa shape index (κ3) is 8.98. The number of rotatable bonds is 9. The number of carbonyl (C=O) groups excluding carboxylic acids is 1. The van der Waals surface area contributed by atoms with Crippen molar-refractivity contribution >= 4 is 35.8 Å². The fraction of sp³-hybridized carbons (Fsp3) is 0.900. The molecule has 1 saturated heterocycles. The first-order valence-electron chi connectivity index (χ1n) is 10.5. The second-order valence-corrected chi connectivity index (χ2v) is 7.95. The number of hydrogen-bond donors (Lipinski definition) is 2. The maximum absolute atomic E-state index is 12.6. The SMILES string of the molecule is CCNC(=NCCOCCC(C)C)NC1CCN(C(=O)C2CCCC2)C1.I. The average molecular weight is 494 g/mol. The molecule has 2 N–H and O–H groups in total. The molecule has 6 nitrogen and oxygen atoms in total. The van der Waals surface area contributed by atoms with E-state index in [-0.39, 0.29) is 29.9 Å². The molecule has 2 rings (SSSR count). The minimum atomic E-state index is 0. The van der Waals surface area contributed by atoms with Crippen LogP contribution in [0.15, 0.2) is 4.99 Å². The van der Waals surface area contributed by atoms with Gasteiger partial charge in [0.2, 0.25) is 5.91 Å². The standard InChI is InChI=1S/C20H38N4O2.HI/c1-4-21-20(22-11-14-26-13-10-16(2)3)23-18-9-12-24(15-18)19(25)17-7-5-6-8-17;/h16-18H,4-15H2,1-3H3,(H2,21,22,23);1H. The minimum absolute atomic E-state index is 0. The van der Waals surface area contributed by atoms with Gasteiger partial charge in [-0.15, -0.1) is 24.0 Å². The number of hydrogen-bond acceptors (Lipinski definition) is 3. The van der Waals surface area contributed by atoms with E-state index < -0.39 is 0 Å². The van der Waals surface area contributed by atoms with Crippen molar-refractivity contribution in [3.63, 3.8) is 0 Å². The molecule has 0 aromatic rings. The molecule has 1 aliphatic heterocycles. The van der Waals surface area contributed by atoms with Gasteiger partial charge in [-0.25, -0.2) is 0 Å². The van der Waals surface area contributed by atoms with E-state index in [0.29, 0.717) is 31.0 Å². The molecule has 2 fully saturated rings. The highest BCUT2D eigenvalue weighted by Gasteiger charge is 2.32. The molecule has 1 atom stereocenters. The fourth-order valence-corrected chi connectivity index (χ4v) is 3.67. The average Bonchev–Trinajstić information content (AvgIpc) is 3.29. The lowest BCUT2D eigenvalue weighted by molar-refractivity contribution is -0.134. The topological polar surface area (TPSA) is 66.0 Å². The summed E-state index contributed by atoms with van der Waals surface area (Å²) in [6.07, 6.45) is 6.66. The van der Waals surface area contributed by atoms with Crippen molar-refractivity contribution in [1.29, 1.82) is 0 Å². The lowest BCUT2D eigenvalue weighted by Crippen LogP contribution is -2.45. The van der Waals surface area contributed by atoms with Gasteiger partial charge in [0.05, 0.1) is 13.2 Å². The smallest absolute Gasteiger partial charge is 0.225 e. The number of ether oxygens (including phenoxy) is 1. The third-order valence-electron chi connectivity index (χ3n) is 5.23. The minimum Gasteiger partial charge on any atom is -0.380 e. The van der Waals surface area contributed by atoms with Gasteiger partial charge in [-0.3, -0.25) is 9.79 Å². The summed E-state index contributed by atoms with van der Waals surface area (Å²) in [5.41, 5.74) is 0. The molecule has 158 valence electrons. The van der Waals surface area contributed by atoms with Gasteiger partial charge in [-0.2, -0.15) is 0 Å². The molecule has 1 saturated carbocycles. The maximum Gasteiger partial charge on any atom is 0.225 e. The molecule has 1 unspecified atom stereocenters. The summed E-state index contributed by atoms with van der Waals surface area (Å²) in [6, 6.07) is 0.292. The summed E-state index contributed by atoms with van der Waals surface area (Å²) in [5.74, 6) is 2.15. The van der Waals surface area contributed by atoms with Crippen molar-refractivity contribution in [1.82, 2.24) is 15.5 Å². The molecule has 0 bridgehead atoms. The van der Waals surface area contributed by atoms with E-state index in [4.69, 9.17) is 4.74 Å². The van der Waals surface area contributed by atoms with Crippen LogP contribution in [0.5, 0.6) is 0 Å². The summed E-state index contributed by atoms with van der Waals surface area (Å²) < 4.78 is 5.63. The van der Waals surface area contributed by atoms with Gasteiger partial charge in [-0.1, -0.05) is 26.7 Å². The number of likely N-dealkylation sites (tertiary alicyclic amines) is 1. The Kier molecular flexibility index (Phi) is 12.3. The van der Waals surface area contributed by atoms with E-state index >= 15 is 0 Å². The first kappa shape index (κ1) is 24.5. The lowest BCUT2D eigenvalue weighted by atomic mass is 10.1. The van der Waals surface area contributed by atoms with Gasteiger partial charge in [0, 0.05) is 38.2 Å². The molecule has 27 heavy (non-hydrogen) atoms. The van der Waals surface area contributed by atoms with Crippen LogP contribution in [0.25, 0.3) is 0 Å². The second-order valence-electron chi connectivity index (χ2n) is 7.95. The molecule has 1 heterocycles. The summed E-state index contributed by atoms with van der Waals surface area (Å²) in [5, 5.41) is 6.79. The van der Waals surface area contributed by atoms with Crippen LogP contribution < -0.4 is 10.6 Å². The molecular weight excluding hydrogens is 455 g/mol. The van der Waals surface area contributed by atoms with Crippen molar-refractivity contribution < 1.29 is 9.53 Å². The van der Waals surface area contributed by atoms with E-state index in [1.54, 1.807) is 0 Å². The molecule has 1 aliphatic carbocycles. The molecule has 0 aromatic heterocycles. The van der Waals surface area contributed by atoms with E-state index in [1.165, 1.54) is 12.8 Å². The molecular formula is C20H39IN4O2. The van der Waals surface area contributed by atoms with Crippen LogP contribution >= 0.6 is 24.0 Å².